The molecule has 0 saturated heterocycles. The molecule has 0 saturated carbocycles. The van der Waals surface area contributed by atoms with Gasteiger partial charge in [-0.1, -0.05) is 5.16 Å². The van der Waals surface area contributed by atoms with Crippen LogP contribution in [0.2, 0.25) is 0 Å². The number of nitrogens with two attached hydrogens (primary N) is 1. The van der Waals surface area contributed by atoms with Crippen molar-refractivity contribution in [2.75, 3.05) is 18.4 Å². The number of fused-ring (bicyclic) bond motifs is 1. The Labute approximate surface area is 81.3 Å². The second-order valence-electron chi connectivity index (χ2n) is 3.02. The Morgan fingerprint density at radius 3 is 3.21 bits per heavy atom. The molecule has 2 rings (SSSR count). The van der Waals surface area contributed by atoms with Crippen LogP contribution in [0.15, 0.2) is 16.8 Å². The Morgan fingerprint density at radius 2 is 2.43 bits per heavy atom. The highest BCUT2D eigenvalue weighted by atomic mass is 16.5. The Balaban J connectivity index is 2.46. The van der Waals surface area contributed by atoms with Crippen LogP contribution in [0.3, 0.4) is 0 Å². The fourth-order valence-corrected chi connectivity index (χ4v) is 1.37. The van der Waals surface area contributed by atoms with E-state index in [2.05, 4.69) is 15.5 Å². The lowest BCUT2D eigenvalue weighted by atomic mass is 10.2. The van der Waals surface area contributed by atoms with Crippen molar-refractivity contribution < 1.29 is 4.52 Å². The largest absolute Gasteiger partial charge is 0.383 e. The first-order valence-corrected chi connectivity index (χ1v) is 4.48. The van der Waals surface area contributed by atoms with Gasteiger partial charge in [-0.25, -0.2) is 4.98 Å². The van der Waals surface area contributed by atoms with Gasteiger partial charge in [0.2, 0.25) is 0 Å². The lowest BCUT2D eigenvalue weighted by Crippen LogP contribution is -2.13. The number of pyridine rings is 1. The normalized spacial score (nSPS) is 10.7. The Bertz CT molecular complexity index is 437. The predicted octanol–water partition coefficient (Wildman–Crippen LogP) is 0.902. The predicted molar refractivity (Wildman–Crippen MR) is 54.1 cm³/mol. The minimum absolute atomic E-state index is 0.560. The van der Waals surface area contributed by atoms with E-state index < -0.39 is 0 Å². The lowest BCUT2D eigenvalue weighted by Gasteiger charge is -2.04. The highest BCUT2D eigenvalue weighted by Gasteiger charge is 2.09. The van der Waals surface area contributed by atoms with E-state index in [4.69, 9.17) is 10.3 Å². The van der Waals surface area contributed by atoms with E-state index in [1.54, 1.807) is 6.20 Å². The molecular weight excluding hydrogens is 180 g/mol. The summed E-state index contributed by atoms with van der Waals surface area (Å²) in [5, 5.41) is 7.99. The fourth-order valence-electron chi connectivity index (χ4n) is 1.37. The number of nitrogens with one attached hydrogen (secondary N) is 1. The molecular formula is C9H12N4O. The zero-order chi connectivity index (χ0) is 9.97. The molecule has 2 heterocycles. The Hall–Kier alpha value is -1.62. The Morgan fingerprint density at radius 1 is 1.57 bits per heavy atom. The van der Waals surface area contributed by atoms with Crippen molar-refractivity contribution in [2.45, 2.75) is 6.92 Å². The molecule has 0 aliphatic heterocycles. The van der Waals surface area contributed by atoms with Gasteiger partial charge in [0.05, 0.1) is 16.8 Å². The molecule has 0 aliphatic rings. The van der Waals surface area contributed by atoms with Gasteiger partial charge in [-0.05, 0) is 13.0 Å². The average Bonchev–Trinajstić information content (AvgIpc) is 2.58. The molecule has 5 nitrogen and oxygen atoms in total. The first-order valence-electron chi connectivity index (χ1n) is 4.48. The number of hydrogen-bond acceptors (Lipinski definition) is 5. The number of anilines is 1. The maximum atomic E-state index is 5.42. The molecule has 14 heavy (non-hydrogen) atoms. The van der Waals surface area contributed by atoms with Gasteiger partial charge in [0.1, 0.15) is 0 Å². The van der Waals surface area contributed by atoms with Crippen LogP contribution in [0.1, 0.15) is 5.69 Å². The van der Waals surface area contributed by atoms with Gasteiger partial charge in [0, 0.05) is 19.3 Å². The first-order chi connectivity index (χ1) is 6.83. The van der Waals surface area contributed by atoms with Crippen LogP contribution in [0.4, 0.5) is 5.69 Å². The smallest absolute Gasteiger partial charge is 0.260 e. The molecule has 0 amide bonds. The van der Waals surface area contributed by atoms with Gasteiger partial charge in [-0.15, -0.1) is 0 Å². The van der Waals surface area contributed by atoms with E-state index in [0.29, 0.717) is 12.3 Å². The summed E-state index contributed by atoms with van der Waals surface area (Å²) < 4.78 is 5.04. The van der Waals surface area contributed by atoms with Crippen molar-refractivity contribution >= 4 is 16.8 Å². The third-order valence-electron chi connectivity index (χ3n) is 2.01. The topological polar surface area (TPSA) is 77.0 Å². The van der Waals surface area contributed by atoms with Gasteiger partial charge in [0.15, 0.2) is 0 Å². The molecule has 0 atom stereocenters. The summed E-state index contributed by atoms with van der Waals surface area (Å²) in [5.74, 6) is 0. The van der Waals surface area contributed by atoms with Crippen molar-refractivity contribution in [3.63, 3.8) is 0 Å². The number of rotatable bonds is 3. The standard InChI is InChI=1S/C9H12N4O/c1-6-8-7(11-5-3-10)2-4-12-9(8)14-13-6/h2,4H,3,5,10H2,1H3,(H,11,12). The van der Waals surface area contributed by atoms with Crippen LogP contribution in [0.25, 0.3) is 11.1 Å². The summed E-state index contributed by atoms with van der Waals surface area (Å²) in [7, 11) is 0. The number of nitrogens with zero attached hydrogens (tertiary/aromatic N) is 2. The number of hydrogen-bond donors (Lipinski definition) is 2. The van der Waals surface area contributed by atoms with Crippen LogP contribution in [0, 0.1) is 6.92 Å². The minimum Gasteiger partial charge on any atom is -0.383 e. The Kier molecular flexibility index (Phi) is 2.32. The molecule has 74 valence electrons. The first kappa shape index (κ1) is 8.96. The molecule has 3 N–H and O–H groups in total. The summed E-state index contributed by atoms with van der Waals surface area (Å²) in [5.41, 5.74) is 7.79. The van der Waals surface area contributed by atoms with Crippen molar-refractivity contribution in [1.29, 1.82) is 0 Å². The van der Waals surface area contributed by atoms with Crippen LogP contribution in [-0.4, -0.2) is 23.2 Å². The van der Waals surface area contributed by atoms with E-state index in [-0.39, 0.29) is 0 Å². The third kappa shape index (κ3) is 1.42. The van der Waals surface area contributed by atoms with E-state index in [0.717, 1.165) is 23.3 Å². The highest BCUT2D eigenvalue weighted by molar-refractivity contribution is 5.89. The second-order valence-corrected chi connectivity index (χ2v) is 3.02. The van der Waals surface area contributed by atoms with E-state index >= 15 is 0 Å². The summed E-state index contributed by atoms with van der Waals surface area (Å²) in [6, 6.07) is 1.89. The molecule has 0 bridgehead atoms. The second kappa shape index (κ2) is 3.63. The van der Waals surface area contributed by atoms with Crippen LogP contribution in [-0.2, 0) is 0 Å². The van der Waals surface area contributed by atoms with Crippen molar-refractivity contribution in [3.8, 4) is 0 Å². The molecule has 0 spiro atoms. The van der Waals surface area contributed by atoms with E-state index in [1.165, 1.54) is 0 Å². The fraction of sp³-hybridized carbons (Fsp3) is 0.333. The van der Waals surface area contributed by atoms with Crippen molar-refractivity contribution in [2.24, 2.45) is 5.73 Å². The van der Waals surface area contributed by atoms with Gasteiger partial charge in [-0.3, -0.25) is 0 Å². The number of aryl methyl sites for hydroxylation is 1. The maximum Gasteiger partial charge on any atom is 0.260 e. The van der Waals surface area contributed by atoms with Crippen LogP contribution >= 0.6 is 0 Å². The summed E-state index contributed by atoms with van der Waals surface area (Å²) >= 11 is 0. The molecule has 0 aromatic carbocycles. The monoisotopic (exact) mass is 192 g/mol. The SMILES string of the molecule is Cc1noc2nccc(NCCN)c12. The molecule has 2 aromatic rings. The molecule has 0 radical (unpaired) electrons. The van der Waals surface area contributed by atoms with Crippen LogP contribution < -0.4 is 11.1 Å². The summed E-state index contributed by atoms with van der Waals surface area (Å²) in [6.07, 6.45) is 1.69. The van der Waals surface area contributed by atoms with E-state index in [9.17, 15) is 0 Å². The quantitative estimate of drug-likeness (QED) is 0.755. The third-order valence-corrected chi connectivity index (χ3v) is 2.01. The lowest BCUT2D eigenvalue weighted by molar-refractivity contribution is 0.443. The van der Waals surface area contributed by atoms with Crippen molar-refractivity contribution in [1.82, 2.24) is 10.1 Å². The molecule has 0 unspecified atom stereocenters. The molecule has 5 heteroatoms. The average molecular weight is 192 g/mol. The summed E-state index contributed by atoms with van der Waals surface area (Å²) in [6.45, 7) is 3.21. The zero-order valence-corrected chi connectivity index (χ0v) is 7.95. The van der Waals surface area contributed by atoms with Gasteiger partial charge < -0.3 is 15.6 Å². The van der Waals surface area contributed by atoms with Crippen LogP contribution in [0.5, 0.6) is 0 Å². The maximum absolute atomic E-state index is 5.42. The number of aromatic nitrogens is 2. The van der Waals surface area contributed by atoms with Gasteiger partial charge in [-0.2, -0.15) is 0 Å². The van der Waals surface area contributed by atoms with Crippen molar-refractivity contribution in [3.05, 3.63) is 18.0 Å². The van der Waals surface area contributed by atoms with Gasteiger partial charge in [0.25, 0.3) is 5.71 Å². The van der Waals surface area contributed by atoms with E-state index in [1.807, 2.05) is 13.0 Å². The molecule has 0 fully saturated rings. The summed E-state index contributed by atoms with van der Waals surface area (Å²) in [4.78, 5) is 4.07. The molecule has 0 aliphatic carbocycles. The van der Waals surface area contributed by atoms with Gasteiger partial charge >= 0.3 is 0 Å². The molecule has 2 aromatic heterocycles. The minimum atomic E-state index is 0.560. The highest BCUT2D eigenvalue weighted by Crippen LogP contribution is 2.23. The zero-order valence-electron chi connectivity index (χ0n) is 7.95.